The first-order valence-corrected chi connectivity index (χ1v) is 6.54. The van der Waals surface area contributed by atoms with Crippen LogP contribution in [0.25, 0.3) is 0 Å². The minimum Gasteiger partial charge on any atom is -0.341 e. The number of carbonyl (C=O) groups is 2. The zero-order chi connectivity index (χ0) is 14.8. The van der Waals surface area contributed by atoms with Crippen LogP contribution in [0.5, 0.6) is 0 Å². The highest BCUT2D eigenvalue weighted by Crippen LogP contribution is 2.05. The number of amides is 3. The quantitative estimate of drug-likeness (QED) is 0.742. The lowest BCUT2D eigenvalue weighted by molar-refractivity contribution is -0.120. The molecule has 0 aliphatic rings. The van der Waals surface area contributed by atoms with Crippen LogP contribution in [0.1, 0.15) is 12.0 Å². The van der Waals surface area contributed by atoms with E-state index < -0.39 is 6.03 Å². The Morgan fingerprint density at radius 1 is 1.30 bits per heavy atom. The molecule has 0 radical (unpaired) electrons. The van der Waals surface area contributed by atoms with Gasteiger partial charge in [0.1, 0.15) is 0 Å². The molecule has 2 N–H and O–H groups in total. The summed E-state index contributed by atoms with van der Waals surface area (Å²) in [5.74, 6) is -0.286. The largest absolute Gasteiger partial charge is 0.341 e. The number of hydrogen-bond donors (Lipinski definition) is 2. The highest BCUT2D eigenvalue weighted by Gasteiger charge is 2.09. The molecule has 0 saturated carbocycles. The van der Waals surface area contributed by atoms with Gasteiger partial charge in [-0.3, -0.25) is 15.0 Å². The molecule has 1 aromatic rings. The van der Waals surface area contributed by atoms with Gasteiger partial charge in [0.15, 0.2) is 0 Å². The second-order valence-electron chi connectivity index (χ2n) is 4.39. The standard InChI is InChI=1S/C15H21N3O2/c1-3-10-18(12-13-7-5-4-6-8-13)11-9-14(19)17-15(20)16-2/h3-8H,1,9-12H2,2H3,(H2,16,17,19,20). The average Bonchev–Trinajstić information content (AvgIpc) is 2.46. The fourth-order valence-corrected chi connectivity index (χ4v) is 1.77. The van der Waals surface area contributed by atoms with Crippen LogP contribution in [0.3, 0.4) is 0 Å². The maximum atomic E-state index is 11.5. The van der Waals surface area contributed by atoms with Crippen molar-refractivity contribution in [3.8, 4) is 0 Å². The van der Waals surface area contributed by atoms with Gasteiger partial charge < -0.3 is 5.32 Å². The van der Waals surface area contributed by atoms with Gasteiger partial charge in [0.25, 0.3) is 0 Å². The monoisotopic (exact) mass is 275 g/mol. The molecule has 0 atom stereocenters. The van der Waals surface area contributed by atoms with Gasteiger partial charge in [-0.2, -0.15) is 0 Å². The van der Waals surface area contributed by atoms with Crippen molar-refractivity contribution in [3.63, 3.8) is 0 Å². The summed E-state index contributed by atoms with van der Waals surface area (Å²) in [4.78, 5) is 24.7. The molecule has 0 fully saturated rings. The Kier molecular flexibility index (Phi) is 7.06. The predicted octanol–water partition coefficient (Wildman–Crippen LogP) is 1.52. The first kappa shape index (κ1) is 15.9. The summed E-state index contributed by atoms with van der Waals surface area (Å²) in [6, 6.07) is 9.55. The molecule has 5 nitrogen and oxygen atoms in total. The fraction of sp³-hybridized carbons (Fsp3) is 0.333. The van der Waals surface area contributed by atoms with E-state index in [-0.39, 0.29) is 12.3 Å². The van der Waals surface area contributed by atoms with Gasteiger partial charge in [0, 0.05) is 33.1 Å². The van der Waals surface area contributed by atoms with Crippen molar-refractivity contribution in [2.75, 3.05) is 20.1 Å². The second kappa shape index (κ2) is 8.87. The average molecular weight is 275 g/mol. The first-order valence-electron chi connectivity index (χ1n) is 6.54. The van der Waals surface area contributed by atoms with Crippen molar-refractivity contribution >= 4 is 11.9 Å². The lowest BCUT2D eigenvalue weighted by Crippen LogP contribution is -2.39. The molecule has 1 rings (SSSR count). The SMILES string of the molecule is C=CCN(CCC(=O)NC(=O)NC)Cc1ccccc1. The Bertz CT molecular complexity index is 446. The number of imide groups is 1. The second-order valence-corrected chi connectivity index (χ2v) is 4.39. The van der Waals surface area contributed by atoms with Gasteiger partial charge in [-0.15, -0.1) is 6.58 Å². The zero-order valence-corrected chi connectivity index (χ0v) is 11.8. The van der Waals surface area contributed by atoms with E-state index in [2.05, 4.69) is 22.1 Å². The van der Waals surface area contributed by atoms with Crippen LogP contribution in [-0.2, 0) is 11.3 Å². The third-order valence-corrected chi connectivity index (χ3v) is 2.77. The number of nitrogens with one attached hydrogen (secondary N) is 2. The number of hydrogen-bond acceptors (Lipinski definition) is 3. The molecule has 20 heavy (non-hydrogen) atoms. The van der Waals surface area contributed by atoms with E-state index in [0.29, 0.717) is 13.1 Å². The van der Waals surface area contributed by atoms with Crippen molar-refractivity contribution < 1.29 is 9.59 Å². The first-order chi connectivity index (χ1) is 9.65. The van der Waals surface area contributed by atoms with Crippen LogP contribution >= 0.6 is 0 Å². The van der Waals surface area contributed by atoms with Crippen LogP contribution in [0.2, 0.25) is 0 Å². The van der Waals surface area contributed by atoms with Gasteiger partial charge in [-0.25, -0.2) is 4.79 Å². The Balaban J connectivity index is 2.45. The molecular weight excluding hydrogens is 254 g/mol. The van der Waals surface area contributed by atoms with E-state index in [1.165, 1.54) is 12.6 Å². The zero-order valence-electron chi connectivity index (χ0n) is 11.8. The van der Waals surface area contributed by atoms with Crippen LogP contribution < -0.4 is 10.6 Å². The maximum absolute atomic E-state index is 11.5. The summed E-state index contributed by atoms with van der Waals surface area (Å²) >= 11 is 0. The molecule has 0 aliphatic heterocycles. The van der Waals surface area contributed by atoms with Gasteiger partial charge >= 0.3 is 6.03 Å². The molecule has 5 heteroatoms. The Morgan fingerprint density at radius 3 is 2.60 bits per heavy atom. The summed E-state index contributed by atoms with van der Waals surface area (Å²) in [5.41, 5.74) is 1.18. The van der Waals surface area contributed by atoms with Crippen molar-refractivity contribution in [1.29, 1.82) is 0 Å². The summed E-state index contributed by atoms with van der Waals surface area (Å²) in [7, 11) is 1.47. The Labute approximate surface area is 119 Å². The molecule has 0 saturated heterocycles. The van der Waals surface area contributed by atoms with Gasteiger partial charge in [-0.1, -0.05) is 36.4 Å². The van der Waals surface area contributed by atoms with E-state index in [1.807, 2.05) is 30.3 Å². The third-order valence-electron chi connectivity index (χ3n) is 2.77. The van der Waals surface area contributed by atoms with E-state index in [1.54, 1.807) is 6.08 Å². The minimum atomic E-state index is -0.478. The third kappa shape index (κ3) is 6.15. The van der Waals surface area contributed by atoms with Crippen LogP contribution in [0, 0.1) is 0 Å². The summed E-state index contributed by atoms with van der Waals surface area (Å²) in [6.07, 6.45) is 2.08. The molecule has 0 spiro atoms. The van der Waals surface area contributed by atoms with Crippen molar-refractivity contribution in [2.45, 2.75) is 13.0 Å². The van der Waals surface area contributed by atoms with Crippen LogP contribution in [0.4, 0.5) is 4.79 Å². The normalized spacial score (nSPS) is 10.1. The van der Waals surface area contributed by atoms with Gasteiger partial charge in [-0.05, 0) is 5.56 Å². The van der Waals surface area contributed by atoms with E-state index in [9.17, 15) is 9.59 Å². The lowest BCUT2D eigenvalue weighted by atomic mass is 10.2. The fourth-order valence-electron chi connectivity index (χ4n) is 1.77. The Hall–Kier alpha value is -2.14. The summed E-state index contributed by atoms with van der Waals surface area (Å²) < 4.78 is 0. The van der Waals surface area contributed by atoms with Gasteiger partial charge in [0.2, 0.25) is 5.91 Å². The molecule has 0 heterocycles. The molecule has 0 aromatic heterocycles. The molecule has 3 amide bonds. The van der Waals surface area contributed by atoms with Crippen molar-refractivity contribution in [1.82, 2.24) is 15.5 Å². The van der Waals surface area contributed by atoms with E-state index in [4.69, 9.17) is 0 Å². The summed E-state index contributed by atoms with van der Waals surface area (Å²) in [6.45, 7) is 5.74. The van der Waals surface area contributed by atoms with Crippen molar-refractivity contribution in [3.05, 3.63) is 48.6 Å². The minimum absolute atomic E-state index is 0.272. The highest BCUT2D eigenvalue weighted by molar-refractivity contribution is 5.94. The molecule has 1 aromatic carbocycles. The maximum Gasteiger partial charge on any atom is 0.321 e. The lowest BCUT2D eigenvalue weighted by Gasteiger charge is -2.20. The molecule has 0 aliphatic carbocycles. The van der Waals surface area contributed by atoms with Crippen LogP contribution in [-0.4, -0.2) is 37.0 Å². The van der Waals surface area contributed by atoms with E-state index in [0.717, 1.165) is 6.54 Å². The molecular formula is C15H21N3O2. The number of benzene rings is 1. The van der Waals surface area contributed by atoms with Crippen molar-refractivity contribution in [2.24, 2.45) is 0 Å². The number of nitrogens with zero attached hydrogens (tertiary/aromatic N) is 1. The number of carbonyl (C=O) groups excluding carboxylic acids is 2. The number of rotatable bonds is 7. The Morgan fingerprint density at radius 2 is 2.00 bits per heavy atom. The highest BCUT2D eigenvalue weighted by atomic mass is 16.2. The summed E-state index contributed by atoms with van der Waals surface area (Å²) in [5, 5.41) is 4.60. The topological polar surface area (TPSA) is 61.4 Å². The molecule has 108 valence electrons. The van der Waals surface area contributed by atoms with Crippen LogP contribution in [0.15, 0.2) is 43.0 Å². The predicted molar refractivity (Wildman–Crippen MR) is 79.1 cm³/mol. The van der Waals surface area contributed by atoms with Gasteiger partial charge in [0.05, 0.1) is 0 Å². The molecule has 0 unspecified atom stereocenters. The number of urea groups is 1. The van der Waals surface area contributed by atoms with E-state index >= 15 is 0 Å². The smallest absolute Gasteiger partial charge is 0.321 e. The molecule has 0 bridgehead atoms.